The number of hydrogen-bond donors (Lipinski definition) is 0. The average Bonchev–Trinajstić information content (AvgIpc) is 3.28. The van der Waals surface area contributed by atoms with Crippen LogP contribution in [0.4, 0.5) is 0 Å². The summed E-state index contributed by atoms with van der Waals surface area (Å²) in [6.07, 6.45) is 64.6. The topological polar surface area (TPSA) is 78.9 Å². The zero-order chi connectivity index (χ0) is 45.8. The van der Waals surface area contributed by atoms with Crippen LogP contribution < -0.4 is 0 Å². The molecule has 0 aromatic rings. The molecule has 0 aliphatic carbocycles. The summed E-state index contributed by atoms with van der Waals surface area (Å²) in [6, 6.07) is 0. The van der Waals surface area contributed by atoms with Crippen molar-refractivity contribution in [3.05, 3.63) is 72.9 Å². The maximum atomic E-state index is 12.8. The fourth-order valence-electron chi connectivity index (χ4n) is 7.16. The van der Waals surface area contributed by atoms with Gasteiger partial charge in [-0.2, -0.15) is 0 Å². The molecule has 0 aromatic heterocycles. The molecule has 0 saturated heterocycles. The van der Waals surface area contributed by atoms with Crippen molar-refractivity contribution < 1.29 is 28.6 Å². The first-order chi connectivity index (χ1) is 31.0. The molecule has 63 heavy (non-hydrogen) atoms. The highest BCUT2D eigenvalue weighted by Gasteiger charge is 2.19. The molecule has 0 saturated carbocycles. The first-order valence-corrected chi connectivity index (χ1v) is 26.4. The Bertz CT molecular complexity index is 1120. The van der Waals surface area contributed by atoms with Crippen LogP contribution in [-0.4, -0.2) is 37.2 Å². The predicted molar refractivity (Wildman–Crippen MR) is 270 cm³/mol. The van der Waals surface area contributed by atoms with Gasteiger partial charge in [-0.1, -0.05) is 209 Å². The SMILES string of the molecule is CCCCC/C=C\C/C=C\C/C=C\CCCCC(=O)OCC(COC(=O)CCCC/C=C\C/C=C\C/C=C\CCCCC)OC(=O)CCCCCCCCCCCCCCCCC. The van der Waals surface area contributed by atoms with E-state index in [4.69, 9.17) is 14.2 Å². The monoisotopic (exact) mass is 879 g/mol. The Morgan fingerprint density at radius 1 is 0.317 bits per heavy atom. The molecular weight excluding hydrogens is 781 g/mol. The van der Waals surface area contributed by atoms with Gasteiger partial charge in [-0.05, 0) is 96.3 Å². The van der Waals surface area contributed by atoms with Crippen LogP contribution in [0, 0.1) is 0 Å². The minimum Gasteiger partial charge on any atom is -0.462 e. The van der Waals surface area contributed by atoms with Crippen LogP contribution in [0.15, 0.2) is 72.9 Å². The van der Waals surface area contributed by atoms with E-state index in [2.05, 4.69) is 93.7 Å². The fraction of sp³-hybridized carbons (Fsp3) is 0.737. The highest BCUT2D eigenvalue weighted by molar-refractivity contribution is 5.71. The Balaban J connectivity index is 4.49. The number of carbonyl (C=O) groups excluding carboxylic acids is 3. The number of esters is 3. The Hall–Kier alpha value is -3.15. The minimum atomic E-state index is -0.804. The van der Waals surface area contributed by atoms with Gasteiger partial charge in [0.15, 0.2) is 6.10 Å². The van der Waals surface area contributed by atoms with Gasteiger partial charge >= 0.3 is 17.9 Å². The second kappa shape index (κ2) is 51.5. The number of rotatable bonds is 47. The molecule has 0 amide bonds. The van der Waals surface area contributed by atoms with Crippen LogP contribution in [-0.2, 0) is 28.6 Å². The van der Waals surface area contributed by atoms with Crippen LogP contribution in [0.1, 0.15) is 252 Å². The third-order valence-corrected chi connectivity index (χ3v) is 11.2. The Kier molecular flexibility index (Phi) is 48.9. The van der Waals surface area contributed by atoms with Crippen molar-refractivity contribution in [1.29, 1.82) is 0 Å². The largest absolute Gasteiger partial charge is 0.462 e. The molecule has 0 N–H and O–H groups in total. The van der Waals surface area contributed by atoms with Crippen LogP contribution in [0.5, 0.6) is 0 Å². The minimum absolute atomic E-state index is 0.106. The molecule has 0 atom stereocenters. The van der Waals surface area contributed by atoms with Crippen LogP contribution in [0.3, 0.4) is 0 Å². The van der Waals surface area contributed by atoms with Crippen molar-refractivity contribution >= 4 is 17.9 Å². The van der Waals surface area contributed by atoms with Crippen molar-refractivity contribution in [2.24, 2.45) is 0 Å². The number of unbranched alkanes of at least 4 members (excludes halogenated alkanes) is 24. The average molecular weight is 879 g/mol. The molecule has 0 radical (unpaired) electrons. The van der Waals surface area contributed by atoms with E-state index in [1.54, 1.807) is 0 Å². The number of carbonyl (C=O) groups is 3. The van der Waals surface area contributed by atoms with Crippen molar-refractivity contribution in [2.45, 2.75) is 258 Å². The molecule has 0 rings (SSSR count). The quantitative estimate of drug-likeness (QED) is 0.0262. The summed E-state index contributed by atoms with van der Waals surface area (Å²) in [6.45, 7) is 6.52. The van der Waals surface area contributed by atoms with E-state index >= 15 is 0 Å². The molecule has 0 aliphatic heterocycles. The van der Waals surface area contributed by atoms with Gasteiger partial charge in [0.25, 0.3) is 0 Å². The van der Waals surface area contributed by atoms with Crippen molar-refractivity contribution in [3.8, 4) is 0 Å². The molecule has 0 bridgehead atoms. The molecular formula is C57H98O6. The summed E-state index contributed by atoms with van der Waals surface area (Å²) in [4.78, 5) is 38.0. The van der Waals surface area contributed by atoms with Crippen molar-refractivity contribution in [2.75, 3.05) is 13.2 Å². The van der Waals surface area contributed by atoms with Gasteiger partial charge in [-0.15, -0.1) is 0 Å². The molecule has 0 aromatic carbocycles. The summed E-state index contributed by atoms with van der Waals surface area (Å²) in [5, 5.41) is 0. The fourth-order valence-corrected chi connectivity index (χ4v) is 7.16. The summed E-state index contributed by atoms with van der Waals surface area (Å²) in [7, 11) is 0. The van der Waals surface area contributed by atoms with Crippen molar-refractivity contribution in [3.63, 3.8) is 0 Å². The van der Waals surface area contributed by atoms with E-state index < -0.39 is 6.10 Å². The normalized spacial score (nSPS) is 12.2. The van der Waals surface area contributed by atoms with E-state index in [9.17, 15) is 14.4 Å². The van der Waals surface area contributed by atoms with Gasteiger partial charge in [-0.25, -0.2) is 0 Å². The molecule has 0 spiro atoms. The van der Waals surface area contributed by atoms with Gasteiger partial charge in [0.2, 0.25) is 0 Å². The molecule has 362 valence electrons. The maximum Gasteiger partial charge on any atom is 0.306 e. The maximum absolute atomic E-state index is 12.8. The Morgan fingerprint density at radius 3 is 0.921 bits per heavy atom. The lowest BCUT2D eigenvalue weighted by Crippen LogP contribution is -2.30. The van der Waals surface area contributed by atoms with Gasteiger partial charge in [0, 0.05) is 19.3 Å². The van der Waals surface area contributed by atoms with E-state index in [1.165, 1.54) is 128 Å². The first kappa shape index (κ1) is 59.9. The molecule has 0 aliphatic rings. The number of ether oxygens (including phenoxy) is 3. The lowest BCUT2D eigenvalue weighted by atomic mass is 10.0. The zero-order valence-corrected chi connectivity index (χ0v) is 41.3. The molecule has 6 nitrogen and oxygen atoms in total. The van der Waals surface area contributed by atoms with Crippen LogP contribution >= 0.6 is 0 Å². The Morgan fingerprint density at radius 2 is 0.571 bits per heavy atom. The lowest BCUT2D eigenvalue weighted by Gasteiger charge is -2.18. The van der Waals surface area contributed by atoms with E-state index in [-0.39, 0.29) is 31.1 Å². The highest BCUT2D eigenvalue weighted by atomic mass is 16.6. The van der Waals surface area contributed by atoms with E-state index in [0.717, 1.165) is 83.5 Å². The molecule has 0 heterocycles. The van der Waals surface area contributed by atoms with Gasteiger partial charge < -0.3 is 14.2 Å². The molecule has 6 heteroatoms. The first-order valence-electron chi connectivity index (χ1n) is 26.4. The van der Waals surface area contributed by atoms with E-state index in [0.29, 0.717) is 19.3 Å². The second-order valence-electron chi connectivity index (χ2n) is 17.4. The van der Waals surface area contributed by atoms with Crippen LogP contribution in [0.25, 0.3) is 0 Å². The highest BCUT2D eigenvalue weighted by Crippen LogP contribution is 2.15. The summed E-state index contributed by atoms with van der Waals surface area (Å²) < 4.78 is 16.7. The molecule has 0 fully saturated rings. The second-order valence-corrected chi connectivity index (χ2v) is 17.4. The third-order valence-electron chi connectivity index (χ3n) is 11.2. The van der Waals surface area contributed by atoms with Gasteiger partial charge in [0.1, 0.15) is 13.2 Å². The number of hydrogen-bond acceptors (Lipinski definition) is 6. The summed E-state index contributed by atoms with van der Waals surface area (Å²) in [5.41, 5.74) is 0. The third kappa shape index (κ3) is 49.7. The van der Waals surface area contributed by atoms with Crippen molar-refractivity contribution in [1.82, 2.24) is 0 Å². The smallest absolute Gasteiger partial charge is 0.306 e. The standard InChI is InChI=1S/C57H98O6/c1-4-7-10-13-16-19-22-25-28-31-34-37-40-43-46-49-55(58)61-52-54(63-57(60)51-48-45-42-39-36-33-30-27-24-21-18-15-12-9-6-3)53-62-56(59)50-47-44-41-38-35-32-29-26-23-20-17-14-11-8-5-2/h16-17,19-20,25-26,28-29,34-35,37-38,54H,4-15,18,21-24,27,30-33,36,39-53H2,1-3H3/b19-16-,20-17-,28-25-,29-26-,37-34-,38-35-. The van der Waals surface area contributed by atoms with E-state index in [1.807, 2.05) is 0 Å². The predicted octanol–water partition coefficient (Wildman–Crippen LogP) is 17.4. The van der Waals surface area contributed by atoms with Gasteiger partial charge in [-0.3, -0.25) is 14.4 Å². The van der Waals surface area contributed by atoms with Crippen LogP contribution in [0.2, 0.25) is 0 Å². The zero-order valence-electron chi connectivity index (χ0n) is 41.3. The number of allylic oxidation sites excluding steroid dienone is 12. The molecule has 0 unspecified atom stereocenters. The Labute approximate surface area is 389 Å². The lowest BCUT2D eigenvalue weighted by molar-refractivity contribution is -0.167. The van der Waals surface area contributed by atoms with Gasteiger partial charge in [0.05, 0.1) is 0 Å². The summed E-state index contributed by atoms with van der Waals surface area (Å²) in [5.74, 6) is -0.974. The summed E-state index contributed by atoms with van der Waals surface area (Å²) >= 11 is 0.